The Morgan fingerprint density at radius 3 is 2.94 bits per heavy atom. The summed E-state index contributed by atoms with van der Waals surface area (Å²) >= 11 is 0. The number of β-amino-alcohol motifs (C(OH)–C–C–N with tert-alkyl or cyclic N) is 1. The Morgan fingerprint density at radius 2 is 2.35 bits per heavy atom. The van der Waals surface area contributed by atoms with Gasteiger partial charge in [0.2, 0.25) is 0 Å². The molecule has 0 aromatic heterocycles. The zero-order valence-corrected chi connectivity index (χ0v) is 9.72. The van der Waals surface area contributed by atoms with Crippen LogP contribution < -0.4 is 10.5 Å². The van der Waals surface area contributed by atoms with Gasteiger partial charge in [0.15, 0.2) is 0 Å². The SMILES string of the molecule is COc1cc(C(=O)N2CC[C@@H](O)C2)ccc1N. The normalized spacial score (nSPS) is 19.4. The number of aliphatic hydroxyl groups excluding tert-OH is 1. The summed E-state index contributed by atoms with van der Waals surface area (Å²) in [6.07, 6.45) is 0.229. The van der Waals surface area contributed by atoms with E-state index in [2.05, 4.69) is 0 Å². The van der Waals surface area contributed by atoms with Gasteiger partial charge < -0.3 is 20.5 Å². The van der Waals surface area contributed by atoms with Crippen molar-refractivity contribution in [1.29, 1.82) is 0 Å². The number of carbonyl (C=O) groups excluding carboxylic acids is 1. The summed E-state index contributed by atoms with van der Waals surface area (Å²) in [5.41, 5.74) is 6.72. The highest BCUT2D eigenvalue weighted by atomic mass is 16.5. The second-order valence-electron chi connectivity index (χ2n) is 4.15. The number of ether oxygens (including phenoxy) is 1. The number of amides is 1. The zero-order chi connectivity index (χ0) is 12.4. The lowest BCUT2D eigenvalue weighted by molar-refractivity contribution is 0.0764. The molecule has 0 unspecified atom stereocenters. The molecule has 17 heavy (non-hydrogen) atoms. The number of nitrogens with zero attached hydrogens (tertiary/aromatic N) is 1. The monoisotopic (exact) mass is 236 g/mol. The second-order valence-corrected chi connectivity index (χ2v) is 4.15. The highest BCUT2D eigenvalue weighted by Gasteiger charge is 2.25. The van der Waals surface area contributed by atoms with E-state index in [1.807, 2.05) is 0 Å². The Labute approximate surface area is 99.8 Å². The Balaban J connectivity index is 2.19. The molecule has 92 valence electrons. The van der Waals surface area contributed by atoms with Crippen LogP contribution >= 0.6 is 0 Å². The van der Waals surface area contributed by atoms with Gasteiger partial charge in [-0.15, -0.1) is 0 Å². The van der Waals surface area contributed by atoms with Gasteiger partial charge >= 0.3 is 0 Å². The molecule has 0 aliphatic carbocycles. The molecule has 2 rings (SSSR count). The molecule has 1 aromatic carbocycles. The highest BCUT2D eigenvalue weighted by molar-refractivity contribution is 5.95. The average molecular weight is 236 g/mol. The number of rotatable bonds is 2. The maximum absolute atomic E-state index is 12.1. The van der Waals surface area contributed by atoms with Gasteiger partial charge in [0, 0.05) is 18.7 Å². The van der Waals surface area contributed by atoms with Crippen LogP contribution in [0, 0.1) is 0 Å². The standard InChI is InChI=1S/C12H16N2O3/c1-17-11-6-8(2-3-10(11)13)12(16)14-5-4-9(15)7-14/h2-3,6,9,15H,4-5,7,13H2,1H3/t9-/m1/s1. The Hall–Kier alpha value is -1.75. The fourth-order valence-corrected chi connectivity index (χ4v) is 1.95. The first-order valence-corrected chi connectivity index (χ1v) is 5.52. The number of likely N-dealkylation sites (tertiary alicyclic amines) is 1. The van der Waals surface area contributed by atoms with Crippen molar-refractivity contribution in [2.75, 3.05) is 25.9 Å². The molecule has 1 heterocycles. The van der Waals surface area contributed by atoms with Crippen LogP contribution in [0.4, 0.5) is 5.69 Å². The van der Waals surface area contributed by atoms with E-state index >= 15 is 0 Å². The summed E-state index contributed by atoms with van der Waals surface area (Å²) in [5.74, 6) is 0.399. The number of hydrogen-bond acceptors (Lipinski definition) is 4. The largest absolute Gasteiger partial charge is 0.495 e. The zero-order valence-electron chi connectivity index (χ0n) is 9.72. The highest BCUT2D eigenvalue weighted by Crippen LogP contribution is 2.23. The van der Waals surface area contributed by atoms with Crippen LogP contribution in [0.3, 0.4) is 0 Å². The van der Waals surface area contributed by atoms with Crippen LogP contribution in [0.2, 0.25) is 0 Å². The number of methoxy groups -OCH3 is 1. The van der Waals surface area contributed by atoms with Crippen LogP contribution in [0.25, 0.3) is 0 Å². The molecule has 1 atom stereocenters. The number of benzene rings is 1. The number of hydrogen-bond donors (Lipinski definition) is 2. The Morgan fingerprint density at radius 1 is 1.59 bits per heavy atom. The van der Waals surface area contributed by atoms with Crippen LogP contribution in [-0.2, 0) is 0 Å². The van der Waals surface area contributed by atoms with Crippen molar-refractivity contribution in [2.45, 2.75) is 12.5 Å². The third-order valence-electron chi connectivity index (χ3n) is 2.93. The molecule has 0 radical (unpaired) electrons. The molecule has 0 saturated carbocycles. The maximum Gasteiger partial charge on any atom is 0.254 e. The first-order chi connectivity index (χ1) is 8.11. The van der Waals surface area contributed by atoms with Gasteiger partial charge in [-0.05, 0) is 24.6 Å². The average Bonchev–Trinajstić information content (AvgIpc) is 2.75. The molecule has 1 aliphatic rings. The van der Waals surface area contributed by atoms with Gasteiger partial charge in [0.1, 0.15) is 5.75 Å². The molecular formula is C12H16N2O3. The van der Waals surface area contributed by atoms with Gasteiger partial charge in [-0.25, -0.2) is 0 Å². The minimum atomic E-state index is -0.408. The van der Waals surface area contributed by atoms with Crippen LogP contribution in [0.15, 0.2) is 18.2 Å². The molecule has 1 fully saturated rings. The minimum absolute atomic E-state index is 0.0974. The molecule has 3 N–H and O–H groups in total. The van der Waals surface area contributed by atoms with E-state index in [1.54, 1.807) is 23.1 Å². The molecule has 0 spiro atoms. The smallest absolute Gasteiger partial charge is 0.254 e. The van der Waals surface area contributed by atoms with Crippen molar-refractivity contribution in [3.63, 3.8) is 0 Å². The molecule has 5 heteroatoms. The van der Waals surface area contributed by atoms with E-state index in [0.717, 1.165) is 0 Å². The molecule has 0 bridgehead atoms. The molecule has 1 aliphatic heterocycles. The molecule has 1 aromatic rings. The Bertz CT molecular complexity index is 434. The molecule has 1 amide bonds. The predicted octanol–water partition coefficient (Wildman–Crippen LogP) is 0.484. The van der Waals surface area contributed by atoms with E-state index in [9.17, 15) is 9.90 Å². The number of nitrogen functional groups attached to an aromatic ring is 1. The second kappa shape index (κ2) is 4.63. The Kier molecular flexibility index (Phi) is 3.19. The third-order valence-corrected chi connectivity index (χ3v) is 2.93. The van der Waals surface area contributed by atoms with Gasteiger partial charge in [-0.1, -0.05) is 0 Å². The summed E-state index contributed by atoms with van der Waals surface area (Å²) in [5, 5.41) is 9.40. The van der Waals surface area contributed by atoms with E-state index in [4.69, 9.17) is 10.5 Å². The number of nitrogens with two attached hydrogens (primary N) is 1. The van der Waals surface area contributed by atoms with Crippen molar-refractivity contribution >= 4 is 11.6 Å². The van der Waals surface area contributed by atoms with Crippen LogP contribution in [0.5, 0.6) is 5.75 Å². The van der Waals surface area contributed by atoms with E-state index < -0.39 is 6.10 Å². The van der Waals surface area contributed by atoms with Crippen molar-refractivity contribution in [3.8, 4) is 5.75 Å². The van der Waals surface area contributed by atoms with Gasteiger partial charge in [0.25, 0.3) is 5.91 Å². The van der Waals surface area contributed by atoms with E-state index in [0.29, 0.717) is 36.5 Å². The van der Waals surface area contributed by atoms with Crippen molar-refractivity contribution < 1.29 is 14.6 Å². The van der Waals surface area contributed by atoms with Crippen LogP contribution in [-0.4, -0.2) is 42.2 Å². The minimum Gasteiger partial charge on any atom is -0.495 e. The van der Waals surface area contributed by atoms with Crippen molar-refractivity contribution in [1.82, 2.24) is 4.90 Å². The summed E-state index contributed by atoms with van der Waals surface area (Å²) in [4.78, 5) is 13.7. The quantitative estimate of drug-likeness (QED) is 0.732. The van der Waals surface area contributed by atoms with Crippen molar-refractivity contribution in [3.05, 3.63) is 23.8 Å². The van der Waals surface area contributed by atoms with Gasteiger partial charge in [-0.2, -0.15) is 0 Å². The van der Waals surface area contributed by atoms with Gasteiger partial charge in [0.05, 0.1) is 18.9 Å². The first-order valence-electron chi connectivity index (χ1n) is 5.52. The van der Waals surface area contributed by atoms with Crippen LogP contribution in [0.1, 0.15) is 16.8 Å². The summed E-state index contributed by atoms with van der Waals surface area (Å²) in [7, 11) is 1.51. The van der Waals surface area contributed by atoms with Crippen molar-refractivity contribution in [2.24, 2.45) is 0 Å². The summed E-state index contributed by atoms with van der Waals surface area (Å²) in [6.45, 7) is 0.984. The molecule has 5 nitrogen and oxygen atoms in total. The third kappa shape index (κ3) is 2.34. The summed E-state index contributed by atoms with van der Waals surface area (Å²) in [6, 6.07) is 4.95. The number of carbonyl (C=O) groups is 1. The first kappa shape index (κ1) is 11.7. The lowest BCUT2D eigenvalue weighted by atomic mass is 10.1. The fourth-order valence-electron chi connectivity index (χ4n) is 1.95. The number of aliphatic hydroxyl groups is 1. The maximum atomic E-state index is 12.1. The summed E-state index contributed by atoms with van der Waals surface area (Å²) < 4.78 is 5.07. The molecular weight excluding hydrogens is 220 g/mol. The predicted molar refractivity (Wildman–Crippen MR) is 63.9 cm³/mol. The number of anilines is 1. The van der Waals surface area contributed by atoms with E-state index in [-0.39, 0.29) is 5.91 Å². The lowest BCUT2D eigenvalue weighted by Crippen LogP contribution is -2.29. The topological polar surface area (TPSA) is 75.8 Å². The molecule has 1 saturated heterocycles. The van der Waals surface area contributed by atoms with Gasteiger partial charge in [-0.3, -0.25) is 4.79 Å². The van der Waals surface area contributed by atoms with E-state index in [1.165, 1.54) is 7.11 Å². The lowest BCUT2D eigenvalue weighted by Gasteiger charge is -2.16. The fraction of sp³-hybridized carbons (Fsp3) is 0.417.